The van der Waals surface area contributed by atoms with Crippen LogP contribution in [0.3, 0.4) is 0 Å². The molecule has 1 N–H and O–H groups in total. The number of likely N-dealkylation sites (tertiary alicyclic amines) is 1. The minimum absolute atomic E-state index is 0.171. The number of aliphatic carboxylic acids is 1. The first-order valence-corrected chi connectivity index (χ1v) is 8.68. The van der Waals surface area contributed by atoms with Gasteiger partial charge in [-0.25, -0.2) is 4.98 Å². The molecule has 1 aromatic rings. The van der Waals surface area contributed by atoms with Gasteiger partial charge in [0.25, 0.3) is 0 Å². The van der Waals surface area contributed by atoms with Crippen molar-refractivity contribution in [3.63, 3.8) is 0 Å². The van der Waals surface area contributed by atoms with E-state index >= 15 is 0 Å². The predicted octanol–water partition coefficient (Wildman–Crippen LogP) is 2.54. The molecule has 3 aliphatic rings. The molecule has 2 saturated carbocycles. The lowest BCUT2D eigenvalue weighted by Gasteiger charge is -2.20. The van der Waals surface area contributed by atoms with Crippen LogP contribution >= 0.6 is 0 Å². The van der Waals surface area contributed by atoms with E-state index in [2.05, 4.69) is 14.5 Å². The Labute approximate surface area is 131 Å². The second-order valence-electron chi connectivity index (χ2n) is 7.37. The summed E-state index contributed by atoms with van der Waals surface area (Å²) < 4.78 is 2.34. The maximum Gasteiger partial charge on any atom is 0.308 e. The molecule has 5 heteroatoms. The number of nitrogens with zero attached hydrogens (tertiary/aromatic N) is 3. The highest BCUT2D eigenvalue weighted by molar-refractivity contribution is 5.71. The molecule has 1 saturated heterocycles. The van der Waals surface area contributed by atoms with Gasteiger partial charge in [-0.15, -0.1) is 0 Å². The van der Waals surface area contributed by atoms with Crippen LogP contribution < -0.4 is 0 Å². The van der Waals surface area contributed by atoms with Crippen LogP contribution in [-0.2, 0) is 11.3 Å². The third kappa shape index (κ3) is 2.67. The zero-order valence-corrected chi connectivity index (χ0v) is 13.0. The van der Waals surface area contributed by atoms with E-state index in [1.54, 1.807) is 0 Å². The lowest BCUT2D eigenvalue weighted by Crippen LogP contribution is -2.24. The fourth-order valence-corrected chi connectivity index (χ4v) is 4.50. The lowest BCUT2D eigenvalue weighted by molar-refractivity contribution is -0.142. The molecular formula is C17H25N3O2. The van der Waals surface area contributed by atoms with Gasteiger partial charge in [0, 0.05) is 31.9 Å². The summed E-state index contributed by atoms with van der Waals surface area (Å²) in [5, 5.41) is 9.49. The van der Waals surface area contributed by atoms with Crippen LogP contribution in [0.4, 0.5) is 0 Å². The molecule has 120 valence electrons. The average molecular weight is 303 g/mol. The van der Waals surface area contributed by atoms with E-state index in [0.29, 0.717) is 24.4 Å². The first kappa shape index (κ1) is 14.2. The Morgan fingerprint density at radius 2 is 2.00 bits per heavy atom. The lowest BCUT2D eigenvalue weighted by atomic mass is 9.92. The molecule has 3 fully saturated rings. The van der Waals surface area contributed by atoms with Crippen molar-refractivity contribution >= 4 is 5.97 Å². The molecule has 22 heavy (non-hydrogen) atoms. The summed E-state index contributed by atoms with van der Waals surface area (Å²) in [6.07, 6.45) is 11.5. The molecule has 2 aliphatic carbocycles. The summed E-state index contributed by atoms with van der Waals surface area (Å²) in [6, 6.07) is 0.606. The predicted molar refractivity (Wildman–Crippen MR) is 82.3 cm³/mol. The Hall–Kier alpha value is -1.36. The van der Waals surface area contributed by atoms with Crippen molar-refractivity contribution in [2.75, 3.05) is 13.1 Å². The molecule has 1 aromatic heterocycles. The highest BCUT2D eigenvalue weighted by Crippen LogP contribution is 2.44. The minimum atomic E-state index is -0.608. The van der Waals surface area contributed by atoms with Gasteiger partial charge in [0.1, 0.15) is 0 Å². The Balaban J connectivity index is 1.45. The summed E-state index contributed by atoms with van der Waals surface area (Å²) in [6.45, 7) is 2.49. The molecule has 5 nitrogen and oxygen atoms in total. The van der Waals surface area contributed by atoms with Crippen molar-refractivity contribution < 1.29 is 9.90 Å². The van der Waals surface area contributed by atoms with Crippen LogP contribution in [-0.4, -0.2) is 38.6 Å². The maximum atomic E-state index is 11.5. The van der Waals surface area contributed by atoms with E-state index in [-0.39, 0.29) is 5.92 Å². The van der Waals surface area contributed by atoms with Gasteiger partial charge in [-0.05, 0) is 37.5 Å². The number of hydrogen-bond donors (Lipinski definition) is 1. The molecule has 2 atom stereocenters. The summed E-state index contributed by atoms with van der Waals surface area (Å²) in [7, 11) is 0. The summed E-state index contributed by atoms with van der Waals surface area (Å²) in [5.41, 5.74) is 1.26. The number of carboxylic acid groups (broad SMARTS) is 1. The Bertz CT molecular complexity index is 546. The van der Waals surface area contributed by atoms with Crippen molar-refractivity contribution in [3.05, 3.63) is 18.2 Å². The van der Waals surface area contributed by atoms with Gasteiger partial charge >= 0.3 is 5.97 Å². The smallest absolute Gasteiger partial charge is 0.308 e. The van der Waals surface area contributed by atoms with Gasteiger partial charge in [-0.1, -0.05) is 12.8 Å². The maximum absolute atomic E-state index is 11.5. The van der Waals surface area contributed by atoms with Crippen molar-refractivity contribution in [1.29, 1.82) is 0 Å². The molecule has 4 rings (SSSR count). The second-order valence-corrected chi connectivity index (χ2v) is 7.37. The molecule has 2 heterocycles. The van der Waals surface area contributed by atoms with E-state index in [1.807, 2.05) is 12.5 Å². The number of carboxylic acids is 1. The van der Waals surface area contributed by atoms with Gasteiger partial charge in [0.05, 0.1) is 17.9 Å². The largest absolute Gasteiger partial charge is 0.481 e. The Morgan fingerprint density at radius 3 is 2.68 bits per heavy atom. The molecule has 0 amide bonds. The molecule has 0 unspecified atom stereocenters. The van der Waals surface area contributed by atoms with Crippen LogP contribution in [0.2, 0.25) is 0 Å². The number of carbonyl (C=O) groups is 1. The van der Waals surface area contributed by atoms with E-state index < -0.39 is 5.97 Å². The highest BCUT2D eigenvalue weighted by atomic mass is 16.4. The van der Waals surface area contributed by atoms with Gasteiger partial charge in [-0.2, -0.15) is 0 Å². The number of aromatic nitrogens is 2. The fraction of sp³-hybridized carbons (Fsp3) is 0.765. The van der Waals surface area contributed by atoms with Gasteiger partial charge in [0.15, 0.2) is 0 Å². The highest BCUT2D eigenvalue weighted by Gasteiger charge is 2.45. The normalized spacial score (nSPS) is 30.2. The zero-order chi connectivity index (χ0) is 15.1. The number of rotatable bonds is 5. The van der Waals surface area contributed by atoms with E-state index in [1.165, 1.54) is 44.2 Å². The van der Waals surface area contributed by atoms with Crippen LogP contribution in [0.5, 0.6) is 0 Å². The van der Waals surface area contributed by atoms with Gasteiger partial charge < -0.3 is 9.67 Å². The number of hydrogen-bond acceptors (Lipinski definition) is 3. The SMILES string of the molecule is O=C(O)[C@@H]1CN(Cc2cncn2C2CCCC2)C[C@H]1C1CC1. The van der Waals surface area contributed by atoms with Crippen molar-refractivity contribution in [2.24, 2.45) is 17.8 Å². The minimum Gasteiger partial charge on any atom is -0.481 e. The Morgan fingerprint density at radius 1 is 1.23 bits per heavy atom. The number of imidazole rings is 1. The molecule has 0 radical (unpaired) electrons. The summed E-state index contributed by atoms with van der Waals surface area (Å²) in [5.74, 6) is 0.241. The molecular weight excluding hydrogens is 278 g/mol. The zero-order valence-electron chi connectivity index (χ0n) is 13.0. The summed E-state index contributed by atoms with van der Waals surface area (Å²) >= 11 is 0. The van der Waals surface area contributed by atoms with Crippen LogP contribution in [0.15, 0.2) is 12.5 Å². The standard InChI is InChI=1S/C17H25N3O2/c21-17(22)16-10-19(9-15(16)12-5-6-12)8-14-7-18-11-20(14)13-3-1-2-4-13/h7,11-13,15-16H,1-6,8-10H2,(H,21,22)/t15-,16+/m0/s1. The van der Waals surface area contributed by atoms with Crippen molar-refractivity contribution in [2.45, 2.75) is 51.1 Å². The molecule has 0 aromatic carbocycles. The third-order valence-corrected chi connectivity index (χ3v) is 5.84. The first-order chi connectivity index (χ1) is 10.7. The van der Waals surface area contributed by atoms with Crippen LogP contribution in [0.25, 0.3) is 0 Å². The van der Waals surface area contributed by atoms with Gasteiger partial charge in [0.2, 0.25) is 0 Å². The monoisotopic (exact) mass is 303 g/mol. The summed E-state index contributed by atoms with van der Waals surface area (Å²) in [4.78, 5) is 18.2. The van der Waals surface area contributed by atoms with E-state index in [4.69, 9.17) is 0 Å². The van der Waals surface area contributed by atoms with Crippen LogP contribution in [0.1, 0.15) is 50.3 Å². The molecule has 0 spiro atoms. The van der Waals surface area contributed by atoms with E-state index in [0.717, 1.165) is 13.1 Å². The topological polar surface area (TPSA) is 58.4 Å². The van der Waals surface area contributed by atoms with Crippen LogP contribution in [0, 0.1) is 17.8 Å². The van der Waals surface area contributed by atoms with Crippen molar-refractivity contribution in [3.8, 4) is 0 Å². The van der Waals surface area contributed by atoms with E-state index in [9.17, 15) is 9.90 Å². The average Bonchev–Trinajstić information content (AvgIpc) is 2.95. The third-order valence-electron chi connectivity index (χ3n) is 5.84. The van der Waals surface area contributed by atoms with Crippen molar-refractivity contribution in [1.82, 2.24) is 14.5 Å². The first-order valence-electron chi connectivity index (χ1n) is 8.68. The molecule has 1 aliphatic heterocycles. The molecule has 0 bridgehead atoms. The quantitative estimate of drug-likeness (QED) is 0.908. The van der Waals surface area contributed by atoms with Gasteiger partial charge in [-0.3, -0.25) is 9.69 Å². The Kier molecular flexibility index (Phi) is 3.68. The second kappa shape index (κ2) is 5.69. The fourth-order valence-electron chi connectivity index (χ4n) is 4.50.